The molecular formula is C13H18Cl2N4O2S2. The number of nitrogens with one attached hydrogen (secondary N) is 1. The van der Waals surface area contributed by atoms with Crippen LogP contribution in [0.15, 0.2) is 22.7 Å². The number of aromatic nitrogens is 2. The van der Waals surface area contributed by atoms with Crippen LogP contribution < -0.4 is 5.32 Å². The standard InChI is InChI=1S/C13H17ClN4O2S2.ClH/c1-9-7-11(21-12(9)14)22(19,20)18-6-3-15-8-10(18)13-16-4-5-17(13)2;/h4-5,7,10,15H,3,6,8H2,1-2H3;1H. The van der Waals surface area contributed by atoms with Gasteiger partial charge in [-0.2, -0.15) is 4.31 Å². The summed E-state index contributed by atoms with van der Waals surface area (Å²) < 4.78 is 30.1. The third-order valence-corrected chi connectivity index (χ3v) is 7.66. The molecule has 10 heteroatoms. The average Bonchev–Trinajstić information content (AvgIpc) is 3.06. The molecule has 0 aliphatic carbocycles. The fraction of sp³-hybridized carbons (Fsp3) is 0.462. The summed E-state index contributed by atoms with van der Waals surface area (Å²) in [6, 6.07) is 1.32. The number of piperazine rings is 1. The fourth-order valence-corrected chi connectivity index (χ4v) is 5.99. The highest BCUT2D eigenvalue weighted by atomic mass is 35.5. The second kappa shape index (κ2) is 7.08. The lowest BCUT2D eigenvalue weighted by Crippen LogP contribution is -2.49. The van der Waals surface area contributed by atoms with Crippen LogP contribution in [-0.2, 0) is 17.1 Å². The maximum absolute atomic E-state index is 13.0. The van der Waals surface area contributed by atoms with Gasteiger partial charge in [-0.3, -0.25) is 0 Å². The first-order valence-electron chi connectivity index (χ1n) is 6.87. The van der Waals surface area contributed by atoms with Crippen LogP contribution in [0.5, 0.6) is 0 Å². The van der Waals surface area contributed by atoms with Gasteiger partial charge in [0.25, 0.3) is 10.0 Å². The summed E-state index contributed by atoms with van der Waals surface area (Å²) in [6.45, 7) is 3.39. The lowest BCUT2D eigenvalue weighted by Gasteiger charge is -2.34. The molecule has 1 unspecified atom stereocenters. The van der Waals surface area contributed by atoms with E-state index >= 15 is 0 Å². The van der Waals surface area contributed by atoms with Crippen molar-refractivity contribution < 1.29 is 8.42 Å². The minimum absolute atomic E-state index is 0. The molecule has 0 saturated carbocycles. The van der Waals surface area contributed by atoms with Crippen molar-refractivity contribution in [1.82, 2.24) is 19.2 Å². The summed E-state index contributed by atoms with van der Waals surface area (Å²) in [5, 5.41) is 3.24. The Kier molecular flexibility index (Phi) is 5.76. The summed E-state index contributed by atoms with van der Waals surface area (Å²) >= 11 is 7.15. The number of sulfonamides is 1. The molecule has 2 aromatic rings. The van der Waals surface area contributed by atoms with Gasteiger partial charge in [-0.15, -0.1) is 23.7 Å². The van der Waals surface area contributed by atoms with E-state index in [0.29, 0.717) is 24.0 Å². The Hall–Kier alpha value is -0.640. The molecule has 23 heavy (non-hydrogen) atoms. The molecule has 1 N–H and O–H groups in total. The van der Waals surface area contributed by atoms with Gasteiger partial charge in [0.1, 0.15) is 10.0 Å². The summed E-state index contributed by atoms with van der Waals surface area (Å²) in [7, 11) is -1.71. The van der Waals surface area contributed by atoms with Crippen LogP contribution in [0.3, 0.4) is 0 Å². The molecule has 0 spiro atoms. The number of aryl methyl sites for hydroxylation is 2. The van der Waals surface area contributed by atoms with Crippen molar-refractivity contribution in [2.45, 2.75) is 17.2 Å². The van der Waals surface area contributed by atoms with E-state index < -0.39 is 10.0 Å². The van der Waals surface area contributed by atoms with E-state index in [0.717, 1.165) is 22.7 Å². The van der Waals surface area contributed by atoms with Crippen LogP contribution in [0.25, 0.3) is 0 Å². The van der Waals surface area contributed by atoms with E-state index in [1.807, 2.05) is 24.7 Å². The van der Waals surface area contributed by atoms with Gasteiger partial charge in [-0.1, -0.05) is 11.6 Å². The average molecular weight is 397 g/mol. The molecule has 3 heterocycles. The van der Waals surface area contributed by atoms with Gasteiger partial charge in [-0.05, 0) is 18.6 Å². The maximum Gasteiger partial charge on any atom is 0.253 e. The Morgan fingerprint density at radius 1 is 1.48 bits per heavy atom. The first kappa shape index (κ1) is 18.7. The quantitative estimate of drug-likeness (QED) is 0.863. The van der Waals surface area contributed by atoms with E-state index in [9.17, 15) is 8.42 Å². The van der Waals surface area contributed by atoms with Crippen molar-refractivity contribution in [3.63, 3.8) is 0 Å². The Labute approximate surface area is 150 Å². The van der Waals surface area contributed by atoms with Crippen LogP contribution in [0, 0.1) is 6.92 Å². The fourth-order valence-electron chi connectivity index (χ4n) is 2.57. The number of hydrogen-bond acceptors (Lipinski definition) is 5. The Bertz CT molecular complexity index is 768. The molecule has 1 aliphatic rings. The smallest absolute Gasteiger partial charge is 0.253 e. The van der Waals surface area contributed by atoms with Crippen molar-refractivity contribution in [3.8, 4) is 0 Å². The lowest BCUT2D eigenvalue weighted by atomic mass is 10.2. The Morgan fingerprint density at radius 2 is 2.22 bits per heavy atom. The Balaban J connectivity index is 0.00000192. The molecule has 128 valence electrons. The predicted octanol–water partition coefficient (Wildman–Crippen LogP) is 2.20. The van der Waals surface area contributed by atoms with Gasteiger partial charge in [0.05, 0.1) is 10.4 Å². The van der Waals surface area contributed by atoms with E-state index in [2.05, 4.69) is 10.3 Å². The van der Waals surface area contributed by atoms with Gasteiger partial charge < -0.3 is 9.88 Å². The zero-order valence-corrected chi connectivity index (χ0v) is 15.9. The molecule has 0 bridgehead atoms. The van der Waals surface area contributed by atoms with E-state index in [1.165, 1.54) is 4.31 Å². The molecule has 0 radical (unpaired) electrons. The number of nitrogens with zero attached hydrogens (tertiary/aromatic N) is 3. The number of rotatable bonds is 3. The van der Waals surface area contributed by atoms with Gasteiger partial charge >= 0.3 is 0 Å². The highest BCUT2D eigenvalue weighted by Crippen LogP contribution is 2.35. The zero-order valence-electron chi connectivity index (χ0n) is 12.7. The third-order valence-electron chi connectivity index (χ3n) is 3.75. The first-order valence-corrected chi connectivity index (χ1v) is 9.50. The summed E-state index contributed by atoms with van der Waals surface area (Å²) in [4.78, 5) is 4.31. The van der Waals surface area contributed by atoms with Crippen LogP contribution in [0.1, 0.15) is 17.4 Å². The van der Waals surface area contributed by atoms with Gasteiger partial charge in [0, 0.05) is 39.1 Å². The molecule has 3 rings (SSSR count). The second-order valence-electron chi connectivity index (χ2n) is 5.25. The van der Waals surface area contributed by atoms with Gasteiger partial charge in [0.2, 0.25) is 0 Å². The molecule has 0 aromatic carbocycles. The highest BCUT2D eigenvalue weighted by Gasteiger charge is 2.37. The minimum atomic E-state index is -3.58. The maximum atomic E-state index is 13.0. The SMILES string of the molecule is Cc1cc(S(=O)(=O)N2CCNCC2c2nccn2C)sc1Cl.Cl. The van der Waals surface area contributed by atoms with Crippen LogP contribution in [0.4, 0.5) is 0 Å². The molecule has 1 saturated heterocycles. The van der Waals surface area contributed by atoms with E-state index in [4.69, 9.17) is 11.6 Å². The van der Waals surface area contributed by atoms with Gasteiger partial charge in [-0.25, -0.2) is 13.4 Å². The number of thiophene rings is 1. The topological polar surface area (TPSA) is 67.2 Å². The molecular weight excluding hydrogens is 379 g/mol. The van der Waals surface area contributed by atoms with Crippen LogP contribution >= 0.6 is 35.3 Å². The number of halogens is 2. The molecule has 6 nitrogen and oxygen atoms in total. The van der Waals surface area contributed by atoms with Crippen LogP contribution in [0.2, 0.25) is 4.34 Å². The number of imidazole rings is 1. The predicted molar refractivity (Wildman–Crippen MR) is 94.0 cm³/mol. The largest absolute Gasteiger partial charge is 0.337 e. The van der Waals surface area contributed by atoms with Crippen LogP contribution in [-0.4, -0.2) is 41.9 Å². The summed E-state index contributed by atoms with van der Waals surface area (Å²) in [5.74, 6) is 0.732. The zero-order chi connectivity index (χ0) is 15.9. The van der Waals surface area contributed by atoms with E-state index in [1.54, 1.807) is 12.3 Å². The Morgan fingerprint density at radius 3 is 2.78 bits per heavy atom. The molecule has 0 amide bonds. The first-order chi connectivity index (χ1) is 10.4. The number of hydrogen-bond donors (Lipinski definition) is 1. The molecule has 2 aromatic heterocycles. The monoisotopic (exact) mass is 396 g/mol. The van der Waals surface area contributed by atoms with Crippen molar-refractivity contribution in [3.05, 3.63) is 34.2 Å². The van der Waals surface area contributed by atoms with Crippen molar-refractivity contribution in [2.75, 3.05) is 19.6 Å². The molecule has 1 atom stereocenters. The highest BCUT2D eigenvalue weighted by molar-refractivity contribution is 7.91. The van der Waals surface area contributed by atoms with E-state index in [-0.39, 0.29) is 22.7 Å². The summed E-state index contributed by atoms with van der Waals surface area (Å²) in [5.41, 5.74) is 0.786. The molecule has 1 fully saturated rings. The minimum Gasteiger partial charge on any atom is -0.337 e. The van der Waals surface area contributed by atoms with Crippen molar-refractivity contribution >= 4 is 45.4 Å². The normalized spacial score (nSPS) is 19.5. The third kappa shape index (κ3) is 3.42. The second-order valence-corrected chi connectivity index (χ2v) is 9.03. The van der Waals surface area contributed by atoms with Gasteiger partial charge in [0.15, 0.2) is 0 Å². The van der Waals surface area contributed by atoms with Crippen molar-refractivity contribution in [1.29, 1.82) is 0 Å². The summed E-state index contributed by atoms with van der Waals surface area (Å²) in [6.07, 6.45) is 3.50. The van der Waals surface area contributed by atoms with Crippen molar-refractivity contribution in [2.24, 2.45) is 7.05 Å². The molecule has 1 aliphatic heterocycles. The lowest BCUT2D eigenvalue weighted by molar-refractivity contribution is 0.259.